The second kappa shape index (κ2) is 5.87. The minimum Gasteiger partial charge on any atom is -0.481 e. The van der Waals surface area contributed by atoms with E-state index in [-0.39, 0.29) is 11.8 Å². The second-order valence-corrected chi connectivity index (χ2v) is 4.76. The Bertz CT molecular complexity index is 259. The Kier molecular flexibility index (Phi) is 4.77. The predicted molar refractivity (Wildman–Crippen MR) is 61.0 cm³/mol. The van der Waals surface area contributed by atoms with E-state index in [0.29, 0.717) is 6.42 Å². The van der Waals surface area contributed by atoms with Crippen LogP contribution in [0.2, 0.25) is 0 Å². The van der Waals surface area contributed by atoms with Crippen molar-refractivity contribution >= 4 is 11.9 Å². The Hall–Kier alpha value is -1.06. The van der Waals surface area contributed by atoms with Gasteiger partial charge in [0, 0.05) is 19.0 Å². The van der Waals surface area contributed by atoms with Crippen molar-refractivity contribution in [2.75, 3.05) is 13.1 Å². The normalized spacial score (nSPS) is 20.2. The van der Waals surface area contributed by atoms with Crippen molar-refractivity contribution in [3.8, 4) is 0 Å². The van der Waals surface area contributed by atoms with Crippen LogP contribution in [0.25, 0.3) is 0 Å². The van der Waals surface area contributed by atoms with E-state index in [0.717, 1.165) is 25.9 Å². The summed E-state index contributed by atoms with van der Waals surface area (Å²) in [6.45, 7) is 5.16. The summed E-state index contributed by atoms with van der Waals surface area (Å²) in [7, 11) is 0. The maximum Gasteiger partial charge on any atom is 0.306 e. The smallest absolute Gasteiger partial charge is 0.306 e. The zero-order valence-corrected chi connectivity index (χ0v) is 10.1. The van der Waals surface area contributed by atoms with Gasteiger partial charge in [-0.3, -0.25) is 9.59 Å². The van der Waals surface area contributed by atoms with Crippen LogP contribution in [0.5, 0.6) is 0 Å². The highest BCUT2D eigenvalue weighted by Crippen LogP contribution is 2.17. The van der Waals surface area contributed by atoms with Gasteiger partial charge in [0.2, 0.25) is 5.91 Å². The molecule has 16 heavy (non-hydrogen) atoms. The van der Waals surface area contributed by atoms with E-state index < -0.39 is 11.9 Å². The fourth-order valence-electron chi connectivity index (χ4n) is 2.16. The summed E-state index contributed by atoms with van der Waals surface area (Å²) in [5.74, 6) is -1.32. The van der Waals surface area contributed by atoms with Gasteiger partial charge in [-0.2, -0.15) is 0 Å². The molecular weight excluding hydrogens is 206 g/mol. The molecule has 0 spiro atoms. The first-order valence-corrected chi connectivity index (χ1v) is 6.04. The van der Waals surface area contributed by atoms with Gasteiger partial charge in [-0.15, -0.1) is 0 Å². The summed E-state index contributed by atoms with van der Waals surface area (Å²) < 4.78 is 0. The van der Waals surface area contributed by atoms with Gasteiger partial charge in [0.05, 0.1) is 5.92 Å². The highest BCUT2D eigenvalue weighted by molar-refractivity contribution is 5.79. The van der Waals surface area contributed by atoms with Crippen molar-refractivity contribution in [3.05, 3.63) is 0 Å². The van der Waals surface area contributed by atoms with Gasteiger partial charge in [0.15, 0.2) is 0 Å². The number of aliphatic carboxylic acids is 1. The number of piperidine rings is 1. The lowest BCUT2D eigenvalue weighted by atomic mass is 9.95. The lowest BCUT2D eigenvalue weighted by molar-refractivity contribution is -0.143. The van der Waals surface area contributed by atoms with Crippen LogP contribution in [0.1, 0.15) is 39.5 Å². The number of hydrogen-bond donors (Lipinski definition) is 1. The molecule has 1 N–H and O–H groups in total. The fraction of sp³-hybridized carbons (Fsp3) is 0.833. The van der Waals surface area contributed by atoms with E-state index in [9.17, 15) is 9.59 Å². The fourth-order valence-corrected chi connectivity index (χ4v) is 2.16. The molecular formula is C12H21NO3. The molecule has 0 aromatic rings. The molecule has 4 nitrogen and oxygen atoms in total. The molecule has 4 heteroatoms. The molecule has 1 saturated heterocycles. The Labute approximate surface area is 96.6 Å². The highest BCUT2D eigenvalue weighted by atomic mass is 16.4. The van der Waals surface area contributed by atoms with Crippen LogP contribution >= 0.6 is 0 Å². The van der Waals surface area contributed by atoms with Crippen molar-refractivity contribution in [2.24, 2.45) is 11.8 Å². The van der Waals surface area contributed by atoms with Gasteiger partial charge < -0.3 is 10.0 Å². The third kappa shape index (κ3) is 3.51. The van der Waals surface area contributed by atoms with Crippen LogP contribution in [0, 0.1) is 11.8 Å². The molecule has 1 rings (SSSR count). The molecule has 1 heterocycles. The van der Waals surface area contributed by atoms with Crippen LogP contribution in [0.4, 0.5) is 0 Å². The monoisotopic (exact) mass is 227 g/mol. The highest BCUT2D eigenvalue weighted by Gasteiger charge is 2.25. The summed E-state index contributed by atoms with van der Waals surface area (Å²) in [5, 5.41) is 8.80. The number of carboxylic acid groups (broad SMARTS) is 1. The van der Waals surface area contributed by atoms with Crippen LogP contribution in [0.3, 0.4) is 0 Å². The third-order valence-corrected chi connectivity index (χ3v) is 3.22. The van der Waals surface area contributed by atoms with Crippen molar-refractivity contribution in [1.29, 1.82) is 0 Å². The lowest BCUT2D eigenvalue weighted by Gasteiger charge is -2.29. The molecule has 0 aromatic carbocycles. The number of amides is 1. The Morgan fingerprint density at radius 1 is 1.12 bits per heavy atom. The molecule has 1 amide bonds. The minimum atomic E-state index is -0.821. The lowest BCUT2D eigenvalue weighted by Crippen LogP contribution is -2.39. The Morgan fingerprint density at radius 2 is 1.69 bits per heavy atom. The standard InChI is InChI=1S/C12H21NO3/c1-9(8-10(2)12(15)16)11(14)13-6-4-3-5-7-13/h9-10H,3-8H2,1-2H3,(H,15,16). The Morgan fingerprint density at radius 3 is 2.19 bits per heavy atom. The molecule has 92 valence electrons. The maximum absolute atomic E-state index is 12.0. The third-order valence-electron chi connectivity index (χ3n) is 3.22. The molecule has 0 radical (unpaired) electrons. The summed E-state index contributed by atoms with van der Waals surface area (Å²) in [6.07, 6.45) is 3.79. The predicted octanol–water partition coefficient (Wildman–Crippen LogP) is 1.75. The quantitative estimate of drug-likeness (QED) is 0.796. The van der Waals surface area contributed by atoms with Gasteiger partial charge >= 0.3 is 5.97 Å². The van der Waals surface area contributed by atoms with Gasteiger partial charge in [-0.25, -0.2) is 0 Å². The molecule has 0 saturated carbocycles. The minimum absolute atomic E-state index is 0.118. The van der Waals surface area contributed by atoms with E-state index in [2.05, 4.69) is 0 Å². The molecule has 2 unspecified atom stereocenters. The largest absolute Gasteiger partial charge is 0.481 e. The molecule has 0 aliphatic carbocycles. The SMILES string of the molecule is CC(CC(C)C(=O)N1CCCCC1)C(=O)O. The van der Waals surface area contributed by atoms with Crippen molar-refractivity contribution in [3.63, 3.8) is 0 Å². The summed E-state index contributed by atoms with van der Waals surface area (Å²) in [4.78, 5) is 24.6. The summed E-state index contributed by atoms with van der Waals surface area (Å²) >= 11 is 0. The summed E-state index contributed by atoms with van der Waals surface area (Å²) in [6, 6.07) is 0. The maximum atomic E-state index is 12.0. The Balaban J connectivity index is 2.43. The van der Waals surface area contributed by atoms with Crippen LogP contribution < -0.4 is 0 Å². The number of carbonyl (C=O) groups excluding carboxylic acids is 1. The van der Waals surface area contributed by atoms with E-state index >= 15 is 0 Å². The molecule has 1 aliphatic heterocycles. The number of carboxylic acids is 1. The van der Waals surface area contributed by atoms with E-state index in [1.807, 2.05) is 11.8 Å². The molecule has 0 bridgehead atoms. The van der Waals surface area contributed by atoms with Crippen molar-refractivity contribution in [2.45, 2.75) is 39.5 Å². The zero-order chi connectivity index (χ0) is 12.1. The average molecular weight is 227 g/mol. The topological polar surface area (TPSA) is 57.6 Å². The zero-order valence-electron chi connectivity index (χ0n) is 10.1. The van der Waals surface area contributed by atoms with Crippen molar-refractivity contribution < 1.29 is 14.7 Å². The van der Waals surface area contributed by atoms with Crippen LogP contribution in [-0.2, 0) is 9.59 Å². The van der Waals surface area contributed by atoms with E-state index in [1.54, 1.807) is 6.92 Å². The van der Waals surface area contributed by atoms with Gasteiger partial charge in [-0.05, 0) is 25.7 Å². The molecule has 1 fully saturated rings. The van der Waals surface area contributed by atoms with Gasteiger partial charge in [-0.1, -0.05) is 13.8 Å². The number of hydrogen-bond acceptors (Lipinski definition) is 2. The molecule has 1 aliphatic rings. The van der Waals surface area contributed by atoms with Crippen molar-refractivity contribution in [1.82, 2.24) is 4.90 Å². The first kappa shape index (κ1) is 13.0. The molecule has 2 atom stereocenters. The first-order valence-electron chi connectivity index (χ1n) is 6.04. The van der Waals surface area contributed by atoms with Gasteiger partial charge in [0.25, 0.3) is 0 Å². The number of carbonyl (C=O) groups is 2. The number of rotatable bonds is 4. The van der Waals surface area contributed by atoms with Crippen LogP contribution in [0.15, 0.2) is 0 Å². The number of likely N-dealkylation sites (tertiary alicyclic amines) is 1. The van der Waals surface area contributed by atoms with E-state index in [4.69, 9.17) is 5.11 Å². The number of nitrogens with zero attached hydrogens (tertiary/aromatic N) is 1. The second-order valence-electron chi connectivity index (χ2n) is 4.76. The van der Waals surface area contributed by atoms with Crippen LogP contribution in [-0.4, -0.2) is 35.0 Å². The average Bonchev–Trinajstić information content (AvgIpc) is 2.28. The summed E-state index contributed by atoms with van der Waals surface area (Å²) in [5.41, 5.74) is 0. The molecule has 0 aromatic heterocycles. The van der Waals surface area contributed by atoms with Gasteiger partial charge in [0.1, 0.15) is 0 Å². The van der Waals surface area contributed by atoms with E-state index in [1.165, 1.54) is 6.42 Å². The first-order chi connectivity index (χ1) is 7.52.